The number of amides is 1. The summed E-state index contributed by atoms with van der Waals surface area (Å²) in [6.07, 6.45) is 0. The topological polar surface area (TPSA) is 84.2 Å². The number of halogens is 1. The molecule has 1 amide bonds. The molecular formula is C34H26FN3O3S. The molecule has 208 valence electrons. The van der Waals surface area contributed by atoms with Crippen LogP contribution in [0.1, 0.15) is 11.1 Å². The third-order valence-electron chi connectivity index (χ3n) is 6.35. The van der Waals surface area contributed by atoms with Gasteiger partial charge in [-0.3, -0.25) is 4.79 Å². The minimum atomic E-state index is -0.386. The van der Waals surface area contributed by atoms with Crippen LogP contribution < -0.4 is 14.8 Å². The highest BCUT2D eigenvalue weighted by atomic mass is 32.2. The third kappa shape index (κ3) is 6.95. The fourth-order valence-corrected chi connectivity index (χ4v) is 5.08. The normalized spacial score (nSPS) is 10.5. The molecule has 0 aliphatic rings. The van der Waals surface area contributed by atoms with E-state index in [4.69, 9.17) is 14.5 Å². The summed E-state index contributed by atoms with van der Waals surface area (Å²) in [6.45, 7) is 0.383. The molecule has 4 aromatic carbocycles. The number of carbonyl (C=O) groups is 1. The molecule has 1 N–H and O–H groups in total. The molecule has 0 bridgehead atoms. The molecule has 0 fully saturated rings. The monoisotopic (exact) mass is 575 g/mol. The lowest BCUT2D eigenvalue weighted by molar-refractivity contribution is -0.113. The molecule has 1 aromatic heterocycles. The van der Waals surface area contributed by atoms with Crippen LogP contribution in [-0.4, -0.2) is 23.8 Å². The number of rotatable bonds is 10. The van der Waals surface area contributed by atoms with Crippen LogP contribution in [0.4, 0.5) is 10.1 Å². The van der Waals surface area contributed by atoms with E-state index in [1.807, 2.05) is 84.9 Å². The zero-order valence-electron chi connectivity index (χ0n) is 22.7. The van der Waals surface area contributed by atoms with Gasteiger partial charge >= 0.3 is 0 Å². The minimum Gasteiger partial charge on any atom is -0.493 e. The Morgan fingerprint density at radius 1 is 0.905 bits per heavy atom. The maximum Gasteiger partial charge on any atom is 0.234 e. The molecule has 42 heavy (non-hydrogen) atoms. The number of aromatic nitrogens is 1. The average Bonchev–Trinajstić information content (AvgIpc) is 3.04. The number of benzene rings is 4. The molecule has 0 aliphatic heterocycles. The van der Waals surface area contributed by atoms with E-state index in [1.54, 1.807) is 7.11 Å². The molecular weight excluding hydrogens is 549 g/mol. The van der Waals surface area contributed by atoms with E-state index >= 15 is 0 Å². The summed E-state index contributed by atoms with van der Waals surface area (Å²) >= 11 is 1.16. The van der Waals surface area contributed by atoms with E-state index in [0.29, 0.717) is 45.6 Å². The average molecular weight is 576 g/mol. The van der Waals surface area contributed by atoms with Gasteiger partial charge in [0.05, 0.1) is 24.1 Å². The summed E-state index contributed by atoms with van der Waals surface area (Å²) in [5.41, 5.74) is 4.78. The van der Waals surface area contributed by atoms with E-state index < -0.39 is 0 Å². The first kappa shape index (κ1) is 28.4. The first-order chi connectivity index (χ1) is 20.5. The molecule has 8 heteroatoms. The van der Waals surface area contributed by atoms with E-state index in [1.165, 1.54) is 24.3 Å². The van der Waals surface area contributed by atoms with Gasteiger partial charge < -0.3 is 14.8 Å². The van der Waals surface area contributed by atoms with Gasteiger partial charge in [0.15, 0.2) is 11.5 Å². The third-order valence-corrected chi connectivity index (χ3v) is 7.32. The minimum absolute atomic E-state index is 0.00627. The van der Waals surface area contributed by atoms with Crippen molar-refractivity contribution < 1.29 is 18.7 Å². The van der Waals surface area contributed by atoms with Gasteiger partial charge in [-0.25, -0.2) is 9.37 Å². The van der Waals surface area contributed by atoms with Crippen molar-refractivity contribution in [2.75, 3.05) is 18.2 Å². The maximum absolute atomic E-state index is 13.2. The second-order valence-corrected chi connectivity index (χ2v) is 10.2. The largest absolute Gasteiger partial charge is 0.493 e. The number of nitriles is 1. The van der Waals surface area contributed by atoms with Gasteiger partial charge in [-0.2, -0.15) is 5.26 Å². The summed E-state index contributed by atoms with van der Waals surface area (Å²) in [5.74, 6) is 0.423. The van der Waals surface area contributed by atoms with Gasteiger partial charge in [-0.15, -0.1) is 0 Å². The van der Waals surface area contributed by atoms with Crippen molar-refractivity contribution in [2.45, 2.75) is 11.6 Å². The van der Waals surface area contributed by atoms with E-state index in [-0.39, 0.29) is 17.5 Å². The summed E-state index contributed by atoms with van der Waals surface area (Å²) < 4.78 is 24.9. The molecule has 0 saturated carbocycles. The number of hydrogen-bond donors (Lipinski definition) is 1. The number of nitrogens with zero attached hydrogens (tertiary/aromatic N) is 2. The van der Waals surface area contributed by atoms with Crippen molar-refractivity contribution in [2.24, 2.45) is 0 Å². The van der Waals surface area contributed by atoms with E-state index in [0.717, 1.165) is 28.5 Å². The van der Waals surface area contributed by atoms with E-state index in [2.05, 4.69) is 11.4 Å². The summed E-state index contributed by atoms with van der Waals surface area (Å²) in [6, 6.07) is 34.7. The maximum atomic E-state index is 13.2. The molecule has 0 unspecified atom stereocenters. The number of ether oxygens (including phenoxy) is 2. The lowest BCUT2D eigenvalue weighted by Crippen LogP contribution is -2.14. The molecule has 5 aromatic rings. The van der Waals surface area contributed by atoms with Crippen LogP contribution in [0.3, 0.4) is 0 Å². The Balaban J connectivity index is 1.46. The predicted molar refractivity (Wildman–Crippen MR) is 163 cm³/mol. The summed E-state index contributed by atoms with van der Waals surface area (Å²) in [4.78, 5) is 17.5. The molecule has 5 rings (SSSR count). The Hall–Kier alpha value is -5.13. The fourth-order valence-electron chi connectivity index (χ4n) is 4.27. The van der Waals surface area contributed by atoms with Gasteiger partial charge in [-0.05, 0) is 53.6 Å². The molecule has 0 atom stereocenters. The van der Waals surface area contributed by atoms with Gasteiger partial charge in [0, 0.05) is 16.8 Å². The molecule has 0 aliphatic carbocycles. The number of methoxy groups -OCH3 is 1. The predicted octanol–water partition coefficient (Wildman–Crippen LogP) is 7.74. The molecule has 0 spiro atoms. The Labute approximate surface area is 247 Å². The lowest BCUT2D eigenvalue weighted by Gasteiger charge is -2.15. The van der Waals surface area contributed by atoms with Crippen molar-refractivity contribution in [3.63, 3.8) is 0 Å². The van der Waals surface area contributed by atoms with Crippen LogP contribution in [0.5, 0.6) is 11.5 Å². The van der Waals surface area contributed by atoms with Crippen molar-refractivity contribution in [1.82, 2.24) is 4.98 Å². The molecule has 0 saturated heterocycles. The highest BCUT2D eigenvalue weighted by molar-refractivity contribution is 8.00. The highest BCUT2D eigenvalue weighted by Crippen LogP contribution is 2.38. The highest BCUT2D eigenvalue weighted by Gasteiger charge is 2.19. The second-order valence-electron chi connectivity index (χ2n) is 9.20. The van der Waals surface area contributed by atoms with Crippen molar-refractivity contribution >= 4 is 23.4 Å². The first-order valence-electron chi connectivity index (χ1n) is 13.1. The molecule has 6 nitrogen and oxygen atoms in total. The van der Waals surface area contributed by atoms with Gasteiger partial charge in [0.2, 0.25) is 5.91 Å². The number of thioether (sulfide) groups is 1. The Morgan fingerprint density at radius 2 is 1.62 bits per heavy atom. The number of hydrogen-bond acceptors (Lipinski definition) is 6. The van der Waals surface area contributed by atoms with Crippen LogP contribution in [0.25, 0.3) is 22.4 Å². The SMILES string of the molecule is COc1cc(-c2cc(-c3ccccc3)nc(SCC(=O)Nc3ccc(F)cc3)c2C#N)ccc1OCc1ccccc1. The van der Waals surface area contributed by atoms with E-state index in [9.17, 15) is 14.4 Å². The standard InChI is InChI=1S/C34H26FN3O3S/c1-40-32-18-25(12-17-31(32)41-21-23-8-4-2-5-9-23)28-19-30(24-10-6-3-7-11-24)38-34(29(28)20-36)42-22-33(39)37-27-15-13-26(35)14-16-27/h2-19H,21-22H2,1H3,(H,37,39). The van der Waals surface area contributed by atoms with Crippen molar-refractivity contribution in [3.05, 3.63) is 126 Å². The molecule has 0 radical (unpaired) electrons. The fraction of sp³-hybridized carbons (Fsp3) is 0.0882. The first-order valence-corrected chi connectivity index (χ1v) is 14.1. The Kier molecular flexibility index (Phi) is 9.12. The summed E-state index contributed by atoms with van der Waals surface area (Å²) in [7, 11) is 1.57. The van der Waals surface area contributed by atoms with Crippen LogP contribution in [0, 0.1) is 17.1 Å². The smallest absolute Gasteiger partial charge is 0.234 e. The Bertz CT molecular complexity index is 1720. The van der Waals surface area contributed by atoms with Crippen molar-refractivity contribution in [1.29, 1.82) is 5.26 Å². The number of pyridine rings is 1. The number of anilines is 1. The van der Waals surface area contributed by atoms with Crippen molar-refractivity contribution in [3.8, 4) is 40.0 Å². The Morgan fingerprint density at radius 3 is 2.31 bits per heavy atom. The number of nitrogens with one attached hydrogen (secondary N) is 1. The number of carbonyl (C=O) groups excluding carboxylic acids is 1. The molecule has 1 heterocycles. The van der Waals surface area contributed by atoms with Gasteiger partial charge in [0.1, 0.15) is 23.5 Å². The zero-order chi connectivity index (χ0) is 29.3. The van der Waals surface area contributed by atoms with Crippen LogP contribution in [0.2, 0.25) is 0 Å². The van der Waals surface area contributed by atoms with Crippen LogP contribution >= 0.6 is 11.8 Å². The van der Waals surface area contributed by atoms with Crippen LogP contribution in [0.15, 0.2) is 114 Å². The van der Waals surface area contributed by atoms with Gasteiger partial charge in [-0.1, -0.05) is 78.5 Å². The lowest BCUT2D eigenvalue weighted by atomic mass is 9.99. The zero-order valence-corrected chi connectivity index (χ0v) is 23.5. The van der Waals surface area contributed by atoms with Crippen LogP contribution in [-0.2, 0) is 11.4 Å². The van der Waals surface area contributed by atoms with Gasteiger partial charge in [0.25, 0.3) is 0 Å². The quantitative estimate of drug-likeness (QED) is 0.172. The second kappa shape index (κ2) is 13.5. The summed E-state index contributed by atoms with van der Waals surface area (Å²) in [5, 5.41) is 13.4.